The van der Waals surface area contributed by atoms with Crippen LogP contribution in [0.15, 0.2) is 12.1 Å². The Kier molecular flexibility index (Phi) is 2.46. The number of imidazole rings is 1. The summed E-state index contributed by atoms with van der Waals surface area (Å²) >= 11 is 5.48. The SMILES string of the molecule is O=C(O)c1c(C(F)(F)F)nc2ccc(Cl)nn12. The monoisotopic (exact) mass is 265 g/mol. The highest BCUT2D eigenvalue weighted by Crippen LogP contribution is 2.31. The molecule has 9 heteroatoms. The number of halogens is 4. The van der Waals surface area contributed by atoms with Crippen LogP contribution in [0.4, 0.5) is 13.2 Å². The van der Waals surface area contributed by atoms with Crippen LogP contribution in [0.2, 0.25) is 5.15 Å². The summed E-state index contributed by atoms with van der Waals surface area (Å²) in [6.45, 7) is 0. The Morgan fingerprint density at radius 3 is 2.59 bits per heavy atom. The predicted octanol–water partition coefficient (Wildman–Crippen LogP) is 2.10. The van der Waals surface area contributed by atoms with Gasteiger partial charge in [-0.1, -0.05) is 11.6 Å². The van der Waals surface area contributed by atoms with Gasteiger partial charge < -0.3 is 5.11 Å². The molecule has 0 spiro atoms. The summed E-state index contributed by atoms with van der Waals surface area (Å²) in [5.41, 5.74) is -2.80. The molecule has 0 aliphatic rings. The molecule has 0 aliphatic heterocycles. The van der Waals surface area contributed by atoms with Gasteiger partial charge in [0.1, 0.15) is 5.15 Å². The first kappa shape index (κ1) is 11.6. The number of rotatable bonds is 1. The van der Waals surface area contributed by atoms with Crippen molar-refractivity contribution in [1.29, 1.82) is 0 Å². The largest absolute Gasteiger partial charge is 0.476 e. The fraction of sp³-hybridized carbons (Fsp3) is 0.125. The molecule has 0 aromatic carbocycles. The van der Waals surface area contributed by atoms with Crippen LogP contribution < -0.4 is 0 Å². The fourth-order valence-electron chi connectivity index (χ4n) is 1.30. The second kappa shape index (κ2) is 3.59. The Labute approximate surface area is 96.4 Å². The van der Waals surface area contributed by atoms with Crippen molar-refractivity contribution in [3.05, 3.63) is 28.7 Å². The predicted molar refractivity (Wildman–Crippen MR) is 50.0 cm³/mol. The molecule has 1 N–H and O–H groups in total. The molecule has 0 saturated heterocycles. The van der Waals surface area contributed by atoms with E-state index in [4.69, 9.17) is 16.7 Å². The highest BCUT2D eigenvalue weighted by Gasteiger charge is 2.40. The molecular formula is C8H3ClF3N3O2. The summed E-state index contributed by atoms with van der Waals surface area (Å²) in [6, 6.07) is 2.37. The number of aromatic carboxylic acids is 1. The number of carboxylic acid groups (broad SMARTS) is 1. The number of carboxylic acids is 1. The van der Waals surface area contributed by atoms with E-state index in [0.29, 0.717) is 4.52 Å². The molecule has 0 fully saturated rings. The molecule has 0 radical (unpaired) electrons. The number of hydrogen-bond donors (Lipinski definition) is 1. The van der Waals surface area contributed by atoms with Crippen LogP contribution in [0.3, 0.4) is 0 Å². The Bertz CT molecular complexity index is 608. The van der Waals surface area contributed by atoms with Crippen molar-refractivity contribution in [2.24, 2.45) is 0 Å². The minimum absolute atomic E-state index is 0.133. The standard InChI is InChI=1S/C8H3ClF3N3O2/c9-3-1-2-4-13-6(8(10,11)12)5(7(16)17)15(4)14-3/h1-2H,(H,16,17). The molecule has 0 amide bonds. The number of hydrogen-bond acceptors (Lipinski definition) is 3. The molecular weight excluding hydrogens is 263 g/mol. The van der Waals surface area contributed by atoms with Gasteiger partial charge in [-0.15, -0.1) is 0 Å². The maximum absolute atomic E-state index is 12.5. The van der Waals surface area contributed by atoms with E-state index in [2.05, 4.69) is 10.1 Å². The molecule has 2 aromatic heterocycles. The number of fused-ring (bicyclic) bond motifs is 1. The maximum atomic E-state index is 12.5. The van der Waals surface area contributed by atoms with Crippen LogP contribution in [0.25, 0.3) is 5.65 Å². The van der Waals surface area contributed by atoms with Gasteiger partial charge in [0.15, 0.2) is 17.0 Å². The van der Waals surface area contributed by atoms with Gasteiger partial charge in [-0.2, -0.15) is 18.3 Å². The van der Waals surface area contributed by atoms with Gasteiger partial charge >= 0.3 is 12.1 Å². The van der Waals surface area contributed by atoms with E-state index < -0.39 is 23.5 Å². The number of nitrogens with zero attached hydrogens (tertiary/aromatic N) is 3. The third-order valence-corrected chi connectivity index (χ3v) is 2.12. The zero-order chi connectivity index (χ0) is 12.8. The van der Waals surface area contributed by atoms with E-state index in [1.165, 1.54) is 6.07 Å². The first-order chi connectivity index (χ1) is 7.80. The zero-order valence-corrected chi connectivity index (χ0v) is 8.62. The summed E-state index contributed by atoms with van der Waals surface area (Å²) in [4.78, 5) is 14.0. The number of carbonyl (C=O) groups is 1. The summed E-state index contributed by atoms with van der Waals surface area (Å²) in [5.74, 6) is -1.78. The molecule has 0 atom stereocenters. The Balaban J connectivity index is 2.86. The molecule has 5 nitrogen and oxygen atoms in total. The van der Waals surface area contributed by atoms with E-state index in [0.717, 1.165) is 6.07 Å². The zero-order valence-electron chi connectivity index (χ0n) is 7.86. The minimum Gasteiger partial charge on any atom is -0.476 e. The molecule has 0 saturated carbocycles. The van der Waals surface area contributed by atoms with Gasteiger partial charge in [-0.3, -0.25) is 0 Å². The normalized spacial score (nSPS) is 12.0. The maximum Gasteiger partial charge on any atom is 0.435 e. The van der Waals surface area contributed by atoms with E-state index >= 15 is 0 Å². The summed E-state index contributed by atoms with van der Waals surface area (Å²) in [6.07, 6.45) is -4.87. The second-order valence-electron chi connectivity index (χ2n) is 3.04. The number of aromatic nitrogens is 3. The Morgan fingerprint density at radius 2 is 2.06 bits per heavy atom. The average Bonchev–Trinajstić information content (AvgIpc) is 2.55. The third-order valence-electron chi connectivity index (χ3n) is 1.92. The lowest BCUT2D eigenvalue weighted by molar-refractivity contribution is -0.141. The van der Waals surface area contributed by atoms with Crippen molar-refractivity contribution >= 4 is 23.2 Å². The second-order valence-corrected chi connectivity index (χ2v) is 3.43. The third kappa shape index (κ3) is 1.91. The van der Waals surface area contributed by atoms with Crippen LogP contribution in [0.1, 0.15) is 16.2 Å². The van der Waals surface area contributed by atoms with Crippen molar-refractivity contribution in [3.8, 4) is 0 Å². The van der Waals surface area contributed by atoms with E-state index in [1.807, 2.05) is 0 Å². The van der Waals surface area contributed by atoms with Gasteiger partial charge in [-0.25, -0.2) is 14.3 Å². The van der Waals surface area contributed by atoms with Crippen molar-refractivity contribution in [1.82, 2.24) is 14.6 Å². The molecule has 2 rings (SSSR count). The van der Waals surface area contributed by atoms with Crippen LogP contribution in [-0.4, -0.2) is 25.7 Å². The lowest BCUT2D eigenvalue weighted by Gasteiger charge is -2.03. The Hall–Kier alpha value is -1.83. The van der Waals surface area contributed by atoms with Gasteiger partial charge in [0, 0.05) is 0 Å². The molecule has 0 unspecified atom stereocenters. The van der Waals surface area contributed by atoms with Crippen molar-refractivity contribution < 1.29 is 23.1 Å². The van der Waals surface area contributed by atoms with Crippen LogP contribution >= 0.6 is 11.6 Å². The summed E-state index contributed by atoms with van der Waals surface area (Å²) in [7, 11) is 0. The molecule has 0 aliphatic carbocycles. The van der Waals surface area contributed by atoms with Crippen LogP contribution in [-0.2, 0) is 6.18 Å². The van der Waals surface area contributed by atoms with Gasteiger partial charge in [-0.05, 0) is 12.1 Å². The quantitative estimate of drug-likeness (QED) is 0.857. The summed E-state index contributed by atoms with van der Waals surface area (Å²) in [5, 5.41) is 12.1. The van der Waals surface area contributed by atoms with Gasteiger partial charge in [0.2, 0.25) is 0 Å². The van der Waals surface area contributed by atoms with Gasteiger partial charge in [0.25, 0.3) is 0 Å². The topological polar surface area (TPSA) is 67.5 Å². The van der Waals surface area contributed by atoms with E-state index in [-0.39, 0.29) is 10.8 Å². The lowest BCUT2D eigenvalue weighted by atomic mass is 10.3. The first-order valence-electron chi connectivity index (χ1n) is 4.16. The molecule has 0 bridgehead atoms. The van der Waals surface area contributed by atoms with Crippen molar-refractivity contribution in [2.45, 2.75) is 6.18 Å². The van der Waals surface area contributed by atoms with E-state index in [1.54, 1.807) is 0 Å². The molecule has 2 heterocycles. The highest BCUT2D eigenvalue weighted by atomic mass is 35.5. The molecule has 17 heavy (non-hydrogen) atoms. The fourth-order valence-corrected chi connectivity index (χ4v) is 1.44. The smallest absolute Gasteiger partial charge is 0.435 e. The van der Waals surface area contributed by atoms with Crippen molar-refractivity contribution in [3.63, 3.8) is 0 Å². The van der Waals surface area contributed by atoms with Gasteiger partial charge in [0.05, 0.1) is 0 Å². The average molecular weight is 266 g/mol. The van der Waals surface area contributed by atoms with E-state index in [9.17, 15) is 18.0 Å². The molecule has 2 aromatic rings. The summed E-state index contributed by atoms with van der Waals surface area (Å²) < 4.78 is 38.2. The first-order valence-corrected chi connectivity index (χ1v) is 4.54. The lowest BCUT2D eigenvalue weighted by Crippen LogP contribution is -2.14. The van der Waals surface area contributed by atoms with Crippen molar-refractivity contribution in [2.75, 3.05) is 0 Å². The highest BCUT2D eigenvalue weighted by molar-refractivity contribution is 6.29. The number of alkyl halides is 3. The van der Waals surface area contributed by atoms with Crippen LogP contribution in [0.5, 0.6) is 0 Å². The molecule has 90 valence electrons. The van der Waals surface area contributed by atoms with Crippen LogP contribution in [0, 0.1) is 0 Å². The minimum atomic E-state index is -4.87. The Morgan fingerprint density at radius 1 is 1.41 bits per heavy atom.